The summed E-state index contributed by atoms with van der Waals surface area (Å²) < 4.78 is 19.3. The fourth-order valence-electron chi connectivity index (χ4n) is 2.50. The number of rotatable bonds is 8. The van der Waals surface area contributed by atoms with Crippen LogP contribution >= 0.6 is 11.3 Å². The van der Waals surface area contributed by atoms with Gasteiger partial charge >= 0.3 is 0 Å². The van der Waals surface area contributed by atoms with Crippen LogP contribution in [0.5, 0.6) is 5.75 Å². The second kappa shape index (κ2) is 12.2. The van der Waals surface area contributed by atoms with E-state index in [1.807, 2.05) is 33.8 Å². The van der Waals surface area contributed by atoms with Crippen LogP contribution in [0.2, 0.25) is 0 Å². The van der Waals surface area contributed by atoms with E-state index in [4.69, 9.17) is 4.42 Å². The van der Waals surface area contributed by atoms with E-state index in [9.17, 15) is 18.9 Å². The Morgan fingerprint density at radius 2 is 1.78 bits per heavy atom. The largest absolute Gasteiger partial charge is 0.504 e. The van der Waals surface area contributed by atoms with Gasteiger partial charge in [-0.25, -0.2) is 8.51 Å². The Bertz CT molecular complexity index is 1130. The molecule has 3 aromatic rings. The highest BCUT2D eigenvalue weighted by Gasteiger charge is 2.24. The Hall–Kier alpha value is -2.87. The SMILES string of the molecule is C#C.CC.CC(C)c1coc(CNc2c(Nc3csc(S(=O)N(C)C)c3O)c(=O)c2=O)c1. The van der Waals surface area contributed by atoms with Crippen molar-refractivity contribution in [3.63, 3.8) is 0 Å². The quantitative estimate of drug-likeness (QED) is 0.331. The summed E-state index contributed by atoms with van der Waals surface area (Å²) in [5.74, 6) is 0.762. The maximum Gasteiger partial charge on any atom is 0.253 e. The number of nitrogens with one attached hydrogen (secondary N) is 2. The van der Waals surface area contributed by atoms with Gasteiger partial charge in [0.05, 0.1) is 18.5 Å². The molecule has 1 unspecified atom stereocenters. The number of anilines is 3. The fraction of sp³-hybridized carbons (Fsp3) is 0.364. The van der Waals surface area contributed by atoms with Crippen molar-refractivity contribution in [1.29, 1.82) is 0 Å². The number of furan rings is 1. The van der Waals surface area contributed by atoms with Crippen molar-refractivity contribution < 1.29 is 13.7 Å². The van der Waals surface area contributed by atoms with E-state index >= 15 is 0 Å². The minimum atomic E-state index is -1.51. The average molecular weight is 480 g/mol. The van der Waals surface area contributed by atoms with Crippen molar-refractivity contribution in [1.82, 2.24) is 4.31 Å². The Morgan fingerprint density at radius 3 is 2.31 bits per heavy atom. The van der Waals surface area contributed by atoms with E-state index in [2.05, 4.69) is 23.5 Å². The summed E-state index contributed by atoms with van der Waals surface area (Å²) >= 11 is 1.10. The lowest BCUT2D eigenvalue weighted by Gasteiger charge is -2.14. The lowest BCUT2D eigenvalue weighted by atomic mass is 10.1. The van der Waals surface area contributed by atoms with E-state index in [1.54, 1.807) is 25.7 Å². The highest BCUT2D eigenvalue weighted by atomic mass is 32.2. The van der Waals surface area contributed by atoms with E-state index in [1.165, 1.54) is 4.31 Å². The molecule has 2 heterocycles. The van der Waals surface area contributed by atoms with E-state index in [0.29, 0.717) is 11.7 Å². The van der Waals surface area contributed by atoms with Gasteiger partial charge in [-0.05, 0) is 31.6 Å². The number of hydrogen-bond acceptors (Lipinski definition) is 8. The molecule has 1 aromatic carbocycles. The number of thiophene rings is 1. The van der Waals surface area contributed by atoms with E-state index in [0.717, 1.165) is 16.9 Å². The molecule has 8 nitrogen and oxygen atoms in total. The zero-order valence-electron chi connectivity index (χ0n) is 19.0. The smallest absolute Gasteiger partial charge is 0.253 e. The predicted molar refractivity (Wildman–Crippen MR) is 132 cm³/mol. The van der Waals surface area contributed by atoms with Crippen LogP contribution < -0.4 is 21.5 Å². The molecular formula is C22H29N3O5S2. The third-order valence-corrected chi connectivity index (χ3v) is 6.82. The zero-order valence-corrected chi connectivity index (χ0v) is 20.6. The fourth-order valence-corrected chi connectivity index (χ4v) is 4.64. The van der Waals surface area contributed by atoms with Crippen LogP contribution in [0.1, 0.15) is 44.9 Å². The molecule has 0 radical (unpaired) electrons. The summed E-state index contributed by atoms with van der Waals surface area (Å²) in [4.78, 5) is 23.9. The van der Waals surface area contributed by atoms with Gasteiger partial charge in [0.25, 0.3) is 10.9 Å². The highest BCUT2D eigenvalue weighted by molar-refractivity contribution is 7.85. The maximum absolute atomic E-state index is 12.1. The van der Waals surface area contributed by atoms with Crippen LogP contribution in [-0.2, 0) is 17.5 Å². The van der Waals surface area contributed by atoms with Gasteiger partial charge in [0, 0.05) is 5.38 Å². The minimum Gasteiger partial charge on any atom is -0.504 e. The first-order valence-corrected chi connectivity index (χ1v) is 11.8. The Labute approximate surface area is 194 Å². The molecular weight excluding hydrogens is 450 g/mol. The molecule has 0 spiro atoms. The van der Waals surface area contributed by atoms with Crippen molar-refractivity contribution in [2.24, 2.45) is 0 Å². The molecule has 1 atom stereocenters. The van der Waals surface area contributed by atoms with Crippen molar-refractivity contribution in [3.05, 3.63) is 49.5 Å². The molecule has 32 heavy (non-hydrogen) atoms. The zero-order chi connectivity index (χ0) is 24.6. The van der Waals surface area contributed by atoms with Gasteiger partial charge in [-0.2, -0.15) is 0 Å². The first-order valence-electron chi connectivity index (χ1n) is 9.85. The predicted octanol–water partition coefficient (Wildman–Crippen LogP) is 3.98. The van der Waals surface area contributed by atoms with Crippen molar-refractivity contribution in [3.8, 4) is 18.6 Å². The maximum atomic E-state index is 12.1. The Morgan fingerprint density at radius 1 is 1.19 bits per heavy atom. The lowest BCUT2D eigenvalue weighted by Crippen LogP contribution is -2.36. The first kappa shape index (κ1) is 27.2. The molecule has 10 heteroatoms. The van der Waals surface area contributed by atoms with Crippen LogP contribution in [0, 0.1) is 12.8 Å². The van der Waals surface area contributed by atoms with E-state index in [-0.39, 0.29) is 33.6 Å². The van der Waals surface area contributed by atoms with Gasteiger partial charge in [0.15, 0.2) is 9.96 Å². The van der Waals surface area contributed by atoms with Crippen molar-refractivity contribution >= 4 is 39.4 Å². The summed E-state index contributed by atoms with van der Waals surface area (Å²) in [5.41, 5.74) is 0.162. The topological polar surface area (TPSA) is 112 Å². The molecule has 174 valence electrons. The van der Waals surface area contributed by atoms with Crippen LogP contribution in [0.4, 0.5) is 17.1 Å². The van der Waals surface area contributed by atoms with E-state index < -0.39 is 21.8 Å². The third-order valence-electron chi connectivity index (χ3n) is 4.17. The molecule has 0 bridgehead atoms. The number of terminal acetylenes is 1. The molecule has 0 amide bonds. The Kier molecular flexibility index (Phi) is 10.4. The Balaban J connectivity index is 0.00000121. The van der Waals surface area contributed by atoms with Crippen molar-refractivity contribution in [2.75, 3.05) is 24.7 Å². The summed E-state index contributed by atoms with van der Waals surface area (Å²) in [6.45, 7) is 8.34. The standard InChI is InChI=1S/C18H21N3O5S2.C2H6.C2H2/c1-9(2)10-5-11(26-7-10)6-19-13-14(17(24)16(13)23)20-12-8-27-18(15(12)22)28(25)21(3)4;2*1-2/h5,7-9,19-20,22H,6H2,1-4H3;1-2H3;1-2H. The van der Waals surface area contributed by atoms with Crippen LogP contribution in [-0.4, -0.2) is 27.7 Å². The summed E-state index contributed by atoms with van der Waals surface area (Å²) in [6, 6.07) is 1.89. The lowest BCUT2D eigenvalue weighted by molar-refractivity contribution is 0.466. The van der Waals surface area contributed by atoms with Crippen LogP contribution in [0.3, 0.4) is 0 Å². The summed E-state index contributed by atoms with van der Waals surface area (Å²) in [6.07, 6.45) is 9.67. The van der Waals surface area contributed by atoms with Gasteiger partial charge in [0.2, 0.25) is 0 Å². The monoisotopic (exact) mass is 479 g/mol. The van der Waals surface area contributed by atoms with Crippen LogP contribution in [0.15, 0.2) is 35.9 Å². The number of aromatic hydroxyl groups is 1. The number of nitrogens with zero attached hydrogens (tertiary/aromatic N) is 1. The average Bonchev–Trinajstić information content (AvgIpc) is 3.42. The van der Waals surface area contributed by atoms with Crippen LogP contribution in [0.25, 0.3) is 0 Å². The molecule has 0 fully saturated rings. The van der Waals surface area contributed by atoms with Gasteiger partial charge < -0.3 is 20.2 Å². The molecule has 0 aliphatic heterocycles. The summed E-state index contributed by atoms with van der Waals surface area (Å²) in [5, 5.41) is 17.5. The molecule has 0 aliphatic rings. The molecule has 3 rings (SSSR count). The summed E-state index contributed by atoms with van der Waals surface area (Å²) in [7, 11) is 1.74. The first-order chi connectivity index (χ1) is 15.2. The normalized spacial score (nSPS) is 11.4. The van der Waals surface area contributed by atoms with Crippen molar-refractivity contribution in [2.45, 2.75) is 44.4 Å². The molecule has 0 saturated heterocycles. The molecule has 0 aliphatic carbocycles. The molecule has 3 N–H and O–H groups in total. The minimum absolute atomic E-state index is 0.0657. The van der Waals surface area contributed by atoms with Gasteiger partial charge in [0.1, 0.15) is 28.1 Å². The highest BCUT2D eigenvalue weighted by Crippen LogP contribution is 2.39. The van der Waals surface area contributed by atoms with Gasteiger partial charge in [-0.15, -0.1) is 24.2 Å². The molecule has 0 saturated carbocycles. The van der Waals surface area contributed by atoms with Gasteiger partial charge in [-0.1, -0.05) is 27.7 Å². The number of hydrogen-bond donors (Lipinski definition) is 3. The second-order valence-electron chi connectivity index (χ2n) is 6.73. The third kappa shape index (κ3) is 5.88. The van der Waals surface area contributed by atoms with Gasteiger partial charge in [-0.3, -0.25) is 9.59 Å². The second-order valence-corrected chi connectivity index (χ2v) is 9.51. The molecule has 2 aromatic heterocycles.